The lowest BCUT2D eigenvalue weighted by molar-refractivity contribution is 0.0673. The van der Waals surface area contributed by atoms with Gasteiger partial charge in [-0.3, -0.25) is 4.79 Å². The second-order valence-electron chi connectivity index (χ2n) is 5.98. The summed E-state index contributed by atoms with van der Waals surface area (Å²) in [5.41, 5.74) is 1.52. The van der Waals surface area contributed by atoms with Gasteiger partial charge in [0.2, 0.25) is 0 Å². The third kappa shape index (κ3) is 3.28. The lowest BCUT2D eigenvalue weighted by Crippen LogP contribution is -2.54. The number of hydrogen-bond acceptors (Lipinski definition) is 4. The minimum Gasteiger partial charge on any atom is -0.508 e. The number of aryl methyl sites for hydroxylation is 1. The Balaban J connectivity index is 1.72. The highest BCUT2D eigenvalue weighted by Crippen LogP contribution is 2.20. The van der Waals surface area contributed by atoms with Crippen molar-refractivity contribution in [3.05, 3.63) is 53.7 Å². The number of pyridine rings is 1. The molecule has 1 N–H and O–H groups in total. The molecule has 3 rings (SSSR count). The molecule has 2 aromatic rings. The van der Waals surface area contributed by atoms with E-state index >= 15 is 0 Å². The van der Waals surface area contributed by atoms with Crippen molar-refractivity contribution in [2.75, 3.05) is 24.5 Å². The molecule has 5 heteroatoms. The third-order valence-corrected chi connectivity index (χ3v) is 4.18. The Morgan fingerprint density at radius 2 is 2.00 bits per heavy atom. The summed E-state index contributed by atoms with van der Waals surface area (Å²) in [6, 6.07) is 12.6. The van der Waals surface area contributed by atoms with Crippen LogP contribution in [0.15, 0.2) is 42.5 Å². The van der Waals surface area contributed by atoms with E-state index in [4.69, 9.17) is 0 Å². The zero-order valence-corrected chi connectivity index (χ0v) is 13.4. The van der Waals surface area contributed by atoms with Crippen LogP contribution in [0.2, 0.25) is 0 Å². The number of anilines is 1. The van der Waals surface area contributed by atoms with E-state index in [0.29, 0.717) is 12.1 Å². The smallest absolute Gasteiger partial charge is 0.254 e. The molecule has 0 radical (unpaired) electrons. The fourth-order valence-corrected chi connectivity index (χ4v) is 2.98. The van der Waals surface area contributed by atoms with Gasteiger partial charge in [0.15, 0.2) is 0 Å². The molecular weight excluding hydrogens is 290 g/mol. The standard InChI is InChI=1S/C18H21N3O2/c1-13-5-3-8-17(19-13)20-9-10-21(14(2)12-20)18(23)15-6-4-7-16(22)11-15/h3-8,11,14,22H,9-10,12H2,1-2H3/t14-/m1/s1. The van der Waals surface area contributed by atoms with E-state index in [2.05, 4.69) is 9.88 Å². The number of amides is 1. The molecule has 120 valence electrons. The van der Waals surface area contributed by atoms with Gasteiger partial charge in [0.05, 0.1) is 0 Å². The Labute approximate surface area is 136 Å². The van der Waals surface area contributed by atoms with E-state index in [9.17, 15) is 9.90 Å². The minimum atomic E-state index is -0.0368. The van der Waals surface area contributed by atoms with Gasteiger partial charge in [-0.1, -0.05) is 12.1 Å². The van der Waals surface area contributed by atoms with Crippen molar-refractivity contribution in [2.45, 2.75) is 19.9 Å². The van der Waals surface area contributed by atoms with E-state index in [-0.39, 0.29) is 17.7 Å². The van der Waals surface area contributed by atoms with Crippen molar-refractivity contribution in [3.8, 4) is 5.75 Å². The minimum absolute atomic E-state index is 0.0368. The van der Waals surface area contributed by atoms with Gasteiger partial charge >= 0.3 is 0 Å². The highest BCUT2D eigenvalue weighted by Gasteiger charge is 2.28. The van der Waals surface area contributed by atoms with Crippen LogP contribution >= 0.6 is 0 Å². The van der Waals surface area contributed by atoms with Crippen LogP contribution in [0.3, 0.4) is 0 Å². The Morgan fingerprint density at radius 1 is 1.22 bits per heavy atom. The maximum Gasteiger partial charge on any atom is 0.254 e. The molecular formula is C18H21N3O2. The molecule has 23 heavy (non-hydrogen) atoms. The number of benzene rings is 1. The number of carbonyl (C=O) groups is 1. The first-order valence-corrected chi connectivity index (χ1v) is 7.83. The predicted octanol–water partition coefficient (Wildman–Crippen LogP) is 2.45. The second kappa shape index (κ2) is 6.28. The van der Waals surface area contributed by atoms with E-state index in [1.165, 1.54) is 6.07 Å². The number of rotatable bonds is 2. The Morgan fingerprint density at radius 3 is 2.70 bits per heavy atom. The van der Waals surface area contributed by atoms with Crippen molar-refractivity contribution in [1.29, 1.82) is 0 Å². The maximum absolute atomic E-state index is 12.6. The monoisotopic (exact) mass is 311 g/mol. The third-order valence-electron chi connectivity index (χ3n) is 4.18. The number of phenolic OH excluding ortho intramolecular Hbond substituents is 1. The van der Waals surface area contributed by atoms with Crippen molar-refractivity contribution >= 4 is 11.7 Å². The van der Waals surface area contributed by atoms with E-state index in [1.807, 2.05) is 36.9 Å². The normalized spacial score (nSPS) is 18.1. The molecule has 1 saturated heterocycles. The summed E-state index contributed by atoms with van der Waals surface area (Å²) < 4.78 is 0. The molecule has 5 nitrogen and oxygen atoms in total. The quantitative estimate of drug-likeness (QED) is 0.925. The van der Waals surface area contributed by atoms with Crippen molar-refractivity contribution in [3.63, 3.8) is 0 Å². The molecule has 0 bridgehead atoms. The van der Waals surface area contributed by atoms with Crippen LogP contribution in [-0.4, -0.2) is 46.6 Å². The molecule has 1 aromatic carbocycles. The SMILES string of the molecule is Cc1cccc(N2CCN(C(=O)c3cccc(O)c3)[C@H](C)C2)n1. The van der Waals surface area contributed by atoms with Crippen LogP contribution in [0, 0.1) is 6.92 Å². The maximum atomic E-state index is 12.6. The van der Waals surface area contributed by atoms with Gasteiger partial charge in [0.1, 0.15) is 11.6 Å². The topological polar surface area (TPSA) is 56.7 Å². The number of piperazine rings is 1. The first-order valence-electron chi connectivity index (χ1n) is 7.83. The number of phenols is 1. The summed E-state index contributed by atoms with van der Waals surface area (Å²) >= 11 is 0. The summed E-state index contributed by atoms with van der Waals surface area (Å²) in [6.07, 6.45) is 0. The number of nitrogens with zero attached hydrogens (tertiary/aromatic N) is 3. The number of carbonyl (C=O) groups excluding carboxylic acids is 1. The van der Waals surface area contributed by atoms with Gasteiger partial charge in [-0.2, -0.15) is 0 Å². The van der Waals surface area contributed by atoms with Gasteiger partial charge in [-0.25, -0.2) is 4.98 Å². The van der Waals surface area contributed by atoms with Crippen molar-refractivity contribution < 1.29 is 9.90 Å². The molecule has 0 aliphatic carbocycles. The van der Waals surface area contributed by atoms with Gasteiger partial charge in [-0.15, -0.1) is 0 Å². The van der Waals surface area contributed by atoms with Crippen LogP contribution in [0.5, 0.6) is 5.75 Å². The van der Waals surface area contributed by atoms with Crippen LogP contribution < -0.4 is 4.90 Å². The number of aromatic hydroxyl groups is 1. The zero-order chi connectivity index (χ0) is 16.4. The Hall–Kier alpha value is -2.56. The molecule has 1 aromatic heterocycles. The van der Waals surface area contributed by atoms with E-state index < -0.39 is 0 Å². The average Bonchev–Trinajstić information content (AvgIpc) is 2.54. The number of hydrogen-bond donors (Lipinski definition) is 1. The van der Waals surface area contributed by atoms with Crippen LogP contribution in [0.1, 0.15) is 23.0 Å². The molecule has 0 saturated carbocycles. The van der Waals surface area contributed by atoms with Crippen molar-refractivity contribution in [2.24, 2.45) is 0 Å². The zero-order valence-electron chi connectivity index (χ0n) is 13.4. The molecule has 1 aliphatic heterocycles. The summed E-state index contributed by atoms with van der Waals surface area (Å²) in [5.74, 6) is 1.04. The Kier molecular flexibility index (Phi) is 4.19. The van der Waals surface area contributed by atoms with Crippen molar-refractivity contribution in [1.82, 2.24) is 9.88 Å². The molecule has 1 atom stereocenters. The number of aromatic nitrogens is 1. The highest BCUT2D eigenvalue weighted by atomic mass is 16.3. The summed E-state index contributed by atoms with van der Waals surface area (Å²) in [4.78, 5) is 21.3. The van der Waals surface area contributed by atoms with Crippen LogP contribution in [0.4, 0.5) is 5.82 Å². The van der Waals surface area contributed by atoms with Gasteiger partial charge < -0.3 is 14.9 Å². The molecule has 0 unspecified atom stereocenters. The van der Waals surface area contributed by atoms with Gasteiger partial charge in [0, 0.05) is 36.9 Å². The largest absolute Gasteiger partial charge is 0.508 e. The first kappa shape index (κ1) is 15.3. The highest BCUT2D eigenvalue weighted by molar-refractivity contribution is 5.95. The molecule has 1 aliphatic rings. The molecule has 1 fully saturated rings. The average molecular weight is 311 g/mol. The molecule has 1 amide bonds. The van der Waals surface area contributed by atoms with Crippen LogP contribution in [0.25, 0.3) is 0 Å². The van der Waals surface area contributed by atoms with E-state index in [0.717, 1.165) is 24.6 Å². The molecule has 0 spiro atoms. The fourth-order valence-electron chi connectivity index (χ4n) is 2.98. The Bertz CT molecular complexity index is 717. The lowest BCUT2D eigenvalue weighted by Gasteiger charge is -2.40. The van der Waals surface area contributed by atoms with Crippen LogP contribution in [-0.2, 0) is 0 Å². The predicted molar refractivity (Wildman–Crippen MR) is 89.8 cm³/mol. The molecule has 2 heterocycles. The fraction of sp³-hybridized carbons (Fsp3) is 0.333. The van der Waals surface area contributed by atoms with Gasteiger partial charge in [-0.05, 0) is 44.2 Å². The van der Waals surface area contributed by atoms with Gasteiger partial charge in [0.25, 0.3) is 5.91 Å². The second-order valence-corrected chi connectivity index (χ2v) is 5.98. The summed E-state index contributed by atoms with van der Waals surface area (Å²) in [5, 5.41) is 9.56. The lowest BCUT2D eigenvalue weighted by atomic mass is 10.1. The summed E-state index contributed by atoms with van der Waals surface area (Å²) in [6.45, 7) is 6.18. The summed E-state index contributed by atoms with van der Waals surface area (Å²) in [7, 11) is 0. The first-order chi connectivity index (χ1) is 11.0. The van der Waals surface area contributed by atoms with E-state index in [1.54, 1.807) is 18.2 Å².